The van der Waals surface area contributed by atoms with Crippen LogP contribution in [0.3, 0.4) is 0 Å². The van der Waals surface area contributed by atoms with Crippen molar-refractivity contribution in [3.8, 4) is 0 Å². The molecule has 4 nitrogen and oxygen atoms in total. The van der Waals surface area contributed by atoms with Gasteiger partial charge in [-0.1, -0.05) is 12.8 Å². The predicted molar refractivity (Wildman–Crippen MR) is 50.9 cm³/mol. The Bertz CT molecular complexity index is 342. The number of hydrogen-bond donors (Lipinski definition) is 1. The summed E-state index contributed by atoms with van der Waals surface area (Å²) in [7, 11) is 0. The highest BCUT2D eigenvalue weighted by Gasteiger charge is 2.29. The minimum absolute atomic E-state index is 0.149. The number of aryl methyl sites for hydroxylation is 1. The van der Waals surface area contributed by atoms with E-state index < -0.39 is 6.04 Å². The van der Waals surface area contributed by atoms with Gasteiger partial charge in [0.05, 0.1) is 12.2 Å². The molecule has 1 aliphatic carbocycles. The first kappa shape index (κ1) is 9.40. The van der Waals surface area contributed by atoms with Crippen LogP contribution in [0, 0.1) is 12.8 Å². The summed E-state index contributed by atoms with van der Waals surface area (Å²) in [6, 6.07) is -0.444. The highest BCUT2D eigenvalue weighted by molar-refractivity contribution is 5.95. The molecule has 2 N–H and O–H groups in total. The molecule has 0 saturated heterocycles. The Kier molecular flexibility index (Phi) is 2.37. The van der Waals surface area contributed by atoms with Gasteiger partial charge in [0, 0.05) is 0 Å². The summed E-state index contributed by atoms with van der Waals surface area (Å²) in [6.45, 7) is 1.76. The van der Waals surface area contributed by atoms with Crippen LogP contribution >= 0.6 is 0 Å². The fourth-order valence-electron chi connectivity index (χ4n) is 1.45. The molecule has 0 amide bonds. The quantitative estimate of drug-likeness (QED) is 0.733. The number of ketones is 1. The van der Waals surface area contributed by atoms with E-state index in [4.69, 9.17) is 10.2 Å². The van der Waals surface area contributed by atoms with E-state index in [0.717, 1.165) is 6.42 Å². The van der Waals surface area contributed by atoms with Crippen LogP contribution in [-0.4, -0.2) is 16.8 Å². The molecule has 1 aromatic heterocycles. The molecule has 0 aliphatic heterocycles. The minimum Gasteiger partial charge on any atom is -0.439 e. The van der Waals surface area contributed by atoms with Gasteiger partial charge >= 0.3 is 0 Å². The molecule has 2 rings (SSSR count). The van der Waals surface area contributed by atoms with Gasteiger partial charge < -0.3 is 10.2 Å². The molecule has 1 heterocycles. The van der Waals surface area contributed by atoms with Crippen LogP contribution in [0.4, 0.5) is 0 Å². The number of carbonyl (C=O) groups is 1. The van der Waals surface area contributed by atoms with Crippen LogP contribution in [0.5, 0.6) is 0 Å². The van der Waals surface area contributed by atoms with E-state index in [1.54, 1.807) is 6.92 Å². The monoisotopic (exact) mass is 194 g/mol. The molecule has 1 saturated carbocycles. The molecule has 14 heavy (non-hydrogen) atoms. The Morgan fingerprint density at radius 3 is 3.00 bits per heavy atom. The van der Waals surface area contributed by atoms with Crippen molar-refractivity contribution in [1.29, 1.82) is 0 Å². The van der Waals surface area contributed by atoms with E-state index >= 15 is 0 Å². The topological polar surface area (TPSA) is 69.1 Å². The molecule has 1 aromatic rings. The minimum atomic E-state index is -0.444. The number of nitrogens with two attached hydrogens (primary N) is 1. The van der Waals surface area contributed by atoms with Gasteiger partial charge in [0.25, 0.3) is 5.89 Å². The molecule has 1 atom stereocenters. The van der Waals surface area contributed by atoms with Gasteiger partial charge in [-0.3, -0.25) is 4.79 Å². The fraction of sp³-hybridized carbons (Fsp3) is 0.600. The lowest BCUT2D eigenvalue weighted by molar-refractivity contribution is 0.0919. The van der Waals surface area contributed by atoms with Crippen LogP contribution in [-0.2, 0) is 0 Å². The number of Topliss-reactive ketones (excluding diaryl/α,β-unsaturated/α-hetero) is 1. The predicted octanol–water partition coefficient (Wildman–Crippen LogP) is 1.29. The summed E-state index contributed by atoms with van der Waals surface area (Å²) < 4.78 is 5.13. The van der Waals surface area contributed by atoms with Crippen LogP contribution in [0.1, 0.15) is 35.7 Å². The second-order valence-corrected chi connectivity index (χ2v) is 3.93. The molecular weight excluding hydrogens is 180 g/mol. The summed E-state index contributed by atoms with van der Waals surface area (Å²) in [5.74, 6) is 1.26. The van der Waals surface area contributed by atoms with Crippen LogP contribution < -0.4 is 5.73 Å². The Morgan fingerprint density at radius 2 is 2.50 bits per heavy atom. The van der Waals surface area contributed by atoms with Crippen molar-refractivity contribution in [3.05, 3.63) is 17.8 Å². The lowest BCUT2D eigenvalue weighted by atomic mass is 10.1. The van der Waals surface area contributed by atoms with E-state index in [9.17, 15) is 4.79 Å². The van der Waals surface area contributed by atoms with Gasteiger partial charge in [0.1, 0.15) is 5.76 Å². The molecule has 1 unspecified atom stereocenters. The summed E-state index contributed by atoms with van der Waals surface area (Å²) in [5, 5.41) is 0. The first-order valence-corrected chi connectivity index (χ1v) is 4.89. The molecule has 1 fully saturated rings. The van der Waals surface area contributed by atoms with Crippen molar-refractivity contribution in [2.75, 3.05) is 0 Å². The molecule has 76 valence electrons. The van der Waals surface area contributed by atoms with E-state index in [1.165, 1.54) is 19.0 Å². The van der Waals surface area contributed by atoms with E-state index in [2.05, 4.69) is 4.98 Å². The third-order valence-corrected chi connectivity index (χ3v) is 2.45. The Hall–Kier alpha value is -1.16. The zero-order valence-corrected chi connectivity index (χ0v) is 8.19. The van der Waals surface area contributed by atoms with Gasteiger partial charge in [-0.2, -0.15) is 0 Å². The Morgan fingerprint density at radius 1 is 1.79 bits per heavy atom. The zero-order chi connectivity index (χ0) is 10.1. The summed E-state index contributed by atoms with van der Waals surface area (Å²) in [6.07, 6.45) is 4.70. The van der Waals surface area contributed by atoms with Gasteiger partial charge in [-0.05, 0) is 19.3 Å². The maximum atomic E-state index is 11.6. The largest absolute Gasteiger partial charge is 0.439 e. The zero-order valence-electron chi connectivity index (χ0n) is 8.19. The molecule has 0 radical (unpaired) electrons. The van der Waals surface area contributed by atoms with Crippen molar-refractivity contribution in [3.63, 3.8) is 0 Å². The number of hydrogen-bond acceptors (Lipinski definition) is 4. The van der Waals surface area contributed by atoms with Crippen LogP contribution in [0.15, 0.2) is 10.6 Å². The lowest BCUT2D eigenvalue weighted by Crippen LogP contribution is -2.31. The number of carbonyl (C=O) groups excluding carboxylic acids is 1. The summed E-state index contributed by atoms with van der Waals surface area (Å²) in [5.41, 5.74) is 5.75. The summed E-state index contributed by atoms with van der Waals surface area (Å²) in [4.78, 5) is 15.5. The fourth-order valence-corrected chi connectivity index (χ4v) is 1.45. The van der Waals surface area contributed by atoms with Gasteiger partial charge in [0.15, 0.2) is 0 Å². The van der Waals surface area contributed by atoms with Gasteiger partial charge in [0.2, 0.25) is 5.78 Å². The SMILES string of the molecule is Cc1cnc(C(=O)C(N)CC2CC2)o1. The number of aromatic nitrogens is 1. The highest BCUT2D eigenvalue weighted by Crippen LogP contribution is 2.33. The lowest BCUT2D eigenvalue weighted by Gasteiger charge is -2.05. The van der Waals surface area contributed by atoms with E-state index in [1.807, 2.05) is 0 Å². The molecule has 1 aliphatic rings. The first-order chi connectivity index (χ1) is 6.66. The summed E-state index contributed by atoms with van der Waals surface area (Å²) >= 11 is 0. The average Bonchev–Trinajstić information content (AvgIpc) is 2.85. The van der Waals surface area contributed by atoms with Crippen molar-refractivity contribution >= 4 is 5.78 Å². The van der Waals surface area contributed by atoms with E-state index in [-0.39, 0.29) is 11.7 Å². The van der Waals surface area contributed by atoms with Crippen molar-refractivity contribution in [2.24, 2.45) is 11.7 Å². The molecule has 4 heteroatoms. The van der Waals surface area contributed by atoms with Crippen molar-refractivity contribution in [2.45, 2.75) is 32.2 Å². The molecular formula is C10H14N2O2. The van der Waals surface area contributed by atoms with Crippen molar-refractivity contribution < 1.29 is 9.21 Å². The van der Waals surface area contributed by atoms with E-state index in [0.29, 0.717) is 11.7 Å². The normalized spacial score (nSPS) is 18.1. The van der Waals surface area contributed by atoms with Crippen LogP contribution in [0.25, 0.3) is 0 Å². The number of oxazole rings is 1. The third kappa shape index (κ3) is 2.01. The number of rotatable bonds is 4. The highest BCUT2D eigenvalue weighted by atomic mass is 16.4. The number of nitrogens with zero attached hydrogens (tertiary/aromatic N) is 1. The Balaban J connectivity index is 1.99. The Labute approximate surface area is 82.5 Å². The second-order valence-electron chi connectivity index (χ2n) is 3.93. The second kappa shape index (κ2) is 3.53. The first-order valence-electron chi connectivity index (χ1n) is 4.89. The van der Waals surface area contributed by atoms with Gasteiger partial charge in [-0.15, -0.1) is 0 Å². The van der Waals surface area contributed by atoms with Crippen LogP contribution in [0.2, 0.25) is 0 Å². The molecule has 0 aromatic carbocycles. The smallest absolute Gasteiger partial charge is 0.265 e. The standard InChI is InChI=1S/C10H14N2O2/c1-6-5-12-10(14-6)9(13)8(11)4-7-2-3-7/h5,7-8H,2-4,11H2,1H3. The molecule has 0 bridgehead atoms. The van der Waals surface area contributed by atoms with Gasteiger partial charge in [-0.25, -0.2) is 4.98 Å². The van der Waals surface area contributed by atoms with Crippen molar-refractivity contribution in [1.82, 2.24) is 4.98 Å². The maximum Gasteiger partial charge on any atom is 0.265 e. The third-order valence-electron chi connectivity index (χ3n) is 2.45. The molecule has 0 spiro atoms. The average molecular weight is 194 g/mol. The maximum absolute atomic E-state index is 11.6.